The third kappa shape index (κ3) is 2.90. The van der Waals surface area contributed by atoms with Crippen LogP contribution >= 0.6 is 0 Å². The summed E-state index contributed by atoms with van der Waals surface area (Å²) in [6.45, 7) is 3.08. The number of halogens is 2. The van der Waals surface area contributed by atoms with Crippen LogP contribution in [0.25, 0.3) is 0 Å². The van der Waals surface area contributed by atoms with E-state index in [-0.39, 0.29) is 17.1 Å². The highest BCUT2D eigenvalue weighted by molar-refractivity contribution is 5.42. The van der Waals surface area contributed by atoms with E-state index in [4.69, 9.17) is 4.74 Å². The maximum absolute atomic E-state index is 13.5. The van der Waals surface area contributed by atoms with Gasteiger partial charge in [-0.05, 0) is 43.7 Å². The summed E-state index contributed by atoms with van der Waals surface area (Å²) in [6, 6.07) is 8.58. The Bertz CT molecular complexity index is 595. The van der Waals surface area contributed by atoms with E-state index >= 15 is 0 Å². The maximum Gasteiger partial charge on any atom is 0.165 e. The minimum Gasteiger partial charge on any atom is -0.454 e. The number of rotatable bonds is 3. The first kappa shape index (κ1) is 13.5. The third-order valence-electron chi connectivity index (χ3n) is 2.80. The van der Waals surface area contributed by atoms with Crippen molar-refractivity contribution >= 4 is 0 Å². The molecule has 1 unspecified atom stereocenters. The molecule has 0 fully saturated rings. The van der Waals surface area contributed by atoms with E-state index in [0.717, 1.165) is 0 Å². The predicted molar refractivity (Wildman–Crippen MR) is 68.2 cm³/mol. The van der Waals surface area contributed by atoms with Gasteiger partial charge in [0.25, 0.3) is 0 Å². The third-order valence-corrected chi connectivity index (χ3v) is 2.80. The van der Waals surface area contributed by atoms with Crippen molar-refractivity contribution in [1.82, 2.24) is 0 Å². The van der Waals surface area contributed by atoms with E-state index in [2.05, 4.69) is 0 Å². The number of ether oxygens (including phenoxy) is 1. The molecule has 2 rings (SSSR count). The summed E-state index contributed by atoms with van der Waals surface area (Å²) in [6.07, 6.45) is -0.906. The van der Waals surface area contributed by atoms with Crippen LogP contribution in [0.5, 0.6) is 11.5 Å². The maximum atomic E-state index is 13.5. The number of benzene rings is 2. The van der Waals surface area contributed by atoms with Crippen molar-refractivity contribution in [2.24, 2.45) is 0 Å². The van der Waals surface area contributed by atoms with Crippen LogP contribution in [0.1, 0.15) is 24.2 Å². The minimum atomic E-state index is -0.906. The average Bonchev–Trinajstić information content (AvgIpc) is 2.36. The van der Waals surface area contributed by atoms with Crippen molar-refractivity contribution in [3.63, 3.8) is 0 Å². The first-order valence-corrected chi connectivity index (χ1v) is 5.89. The molecule has 0 saturated carbocycles. The van der Waals surface area contributed by atoms with Gasteiger partial charge in [-0.2, -0.15) is 0 Å². The van der Waals surface area contributed by atoms with Crippen LogP contribution in [0.2, 0.25) is 0 Å². The molecule has 1 N–H and O–H groups in total. The van der Waals surface area contributed by atoms with Gasteiger partial charge in [0.1, 0.15) is 11.6 Å². The number of para-hydroxylation sites is 1. The summed E-state index contributed by atoms with van der Waals surface area (Å²) < 4.78 is 32.5. The fourth-order valence-corrected chi connectivity index (χ4v) is 1.73. The van der Waals surface area contributed by atoms with Crippen LogP contribution in [-0.2, 0) is 0 Å². The molecule has 19 heavy (non-hydrogen) atoms. The quantitative estimate of drug-likeness (QED) is 0.903. The Morgan fingerprint density at radius 2 is 1.74 bits per heavy atom. The SMILES string of the molecule is Cc1cc(Oc2ccccc2F)c(C(C)O)cc1F. The summed E-state index contributed by atoms with van der Waals surface area (Å²) in [5.74, 6) is -0.660. The number of aliphatic hydroxyl groups is 1. The van der Waals surface area contributed by atoms with E-state index in [1.54, 1.807) is 19.1 Å². The van der Waals surface area contributed by atoms with Gasteiger partial charge in [-0.15, -0.1) is 0 Å². The lowest BCUT2D eigenvalue weighted by Gasteiger charge is -2.15. The van der Waals surface area contributed by atoms with Crippen LogP contribution in [0.3, 0.4) is 0 Å². The van der Waals surface area contributed by atoms with Crippen molar-refractivity contribution < 1.29 is 18.6 Å². The molecule has 0 heterocycles. The number of hydrogen-bond acceptors (Lipinski definition) is 2. The van der Waals surface area contributed by atoms with Gasteiger partial charge in [-0.1, -0.05) is 12.1 Å². The molecule has 0 bridgehead atoms. The van der Waals surface area contributed by atoms with Gasteiger partial charge in [0.05, 0.1) is 6.10 Å². The Hall–Kier alpha value is -1.94. The molecular formula is C15H14F2O2. The molecule has 0 radical (unpaired) electrons. The largest absolute Gasteiger partial charge is 0.454 e. The summed E-state index contributed by atoms with van der Waals surface area (Å²) >= 11 is 0. The molecule has 0 aromatic heterocycles. The lowest BCUT2D eigenvalue weighted by Crippen LogP contribution is -1.99. The summed E-state index contributed by atoms with van der Waals surface area (Å²) in [5, 5.41) is 9.63. The molecule has 0 aliphatic rings. The molecule has 0 saturated heterocycles. The molecular weight excluding hydrogens is 250 g/mol. The Kier molecular flexibility index (Phi) is 3.81. The van der Waals surface area contributed by atoms with E-state index in [0.29, 0.717) is 5.56 Å². The summed E-state index contributed by atoms with van der Waals surface area (Å²) in [7, 11) is 0. The fourth-order valence-electron chi connectivity index (χ4n) is 1.73. The van der Waals surface area contributed by atoms with E-state index in [1.165, 1.54) is 31.2 Å². The Morgan fingerprint density at radius 3 is 2.37 bits per heavy atom. The Labute approximate surface area is 110 Å². The van der Waals surface area contributed by atoms with E-state index in [1.807, 2.05) is 0 Å². The van der Waals surface area contributed by atoms with Crippen LogP contribution < -0.4 is 4.74 Å². The van der Waals surface area contributed by atoms with E-state index in [9.17, 15) is 13.9 Å². The molecule has 4 heteroatoms. The standard InChI is InChI=1S/C15H14F2O2/c1-9-7-15(11(10(2)18)8-13(9)17)19-14-6-4-3-5-12(14)16/h3-8,10,18H,1-2H3. The summed E-state index contributed by atoms with van der Waals surface area (Å²) in [4.78, 5) is 0. The smallest absolute Gasteiger partial charge is 0.165 e. The molecule has 2 aromatic carbocycles. The predicted octanol–water partition coefficient (Wildman–Crippen LogP) is 4.12. The zero-order chi connectivity index (χ0) is 14.0. The van der Waals surface area contributed by atoms with Gasteiger partial charge in [0.15, 0.2) is 11.6 Å². The Balaban J connectivity index is 2.45. The molecule has 1 atom stereocenters. The normalized spacial score (nSPS) is 12.3. The molecule has 2 aromatic rings. The first-order valence-electron chi connectivity index (χ1n) is 5.89. The van der Waals surface area contributed by atoms with E-state index < -0.39 is 17.7 Å². The molecule has 0 aliphatic heterocycles. The number of hydrogen-bond donors (Lipinski definition) is 1. The molecule has 100 valence electrons. The van der Waals surface area contributed by atoms with Gasteiger partial charge in [-0.25, -0.2) is 8.78 Å². The van der Waals surface area contributed by atoms with Crippen LogP contribution in [0.4, 0.5) is 8.78 Å². The molecule has 0 spiro atoms. The van der Waals surface area contributed by atoms with Crippen LogP contribution in [-0.4, -0.2) is 5.11 Å². The van der Waals surface area contributed by atoms with Crippen LogP contribution in [0, 0.1) is 18.6 Å². The second kappa shape index (κ2) is 5.36. The van der Waals surface area contributed by atoms with Crippen molar-refractivity contribution in [3.05, 3.63) is 59.2 Å². The molecule has 2 nitrogen and oxygen atoms in total. The van der Waals surface area contributed by atoms with Gasteiger partial charge in [0.2, 0.25) is 0 Å². The van der Waals surface area contributed by atoms with Crippen molar-refractivity contribution in [2.75, 3.05) is 0 Å². The monoisotopic (exact) mass is 264 g/mol. The van der Waals surface area contributed by atoms with Gasteiger partial charge < -0.3 is 9.84 Å². The topological polar surface area (TPSA) is 29.5 Å². The lowest BCUT2D eigenvalue weighted by molar-refractivity contribution is 0.195. The second-order valence-corrected chi connectivity index (χ2v) is 4.35. The number of aliphatic hydroxyl groups excluding tert-OH is 1. The highest BCUT2D eigenvalue weighted by Gasteiger charge is 2.15. The highest BCUT2D eigenvalue weighted by atomic mass is 19.1. The average molecular weight is 264 g/mol. The first-order chi connectivity index (χ1) is 8.99. The van der Waals surface area contributed by atoms with Gasteiger partial charge in [-0.3, -0.25) is 0 Å². The minimum absolute atomic E-state index is 0.0374. The van der Waals surface area contributed by atoms with Crippen molar-refractivity contribution in [1.29, 1.82) is 0 Å². The zero-order valence-electron chi connectivity index (χ0n) is 10.7. The zero-order valence-corrected chi connectivity index (χ0v) is 10.7. The lowest BCUT2D eigenvalue weighted by atomic mass is 10.1. The van der Waals surface area contributed by atoms with Crippen molar-refractivity contribution in [2.45, 2.75) is 20.0 Å². The fraction of sp³-hybridized carbons (Fsp3) is 0.200. The molecule has 0 aliphatic carbocycles. The van der Waals surface area contributed by atoms with Crippen molar-refractivity contribution in [3.8, 4) is 11.5 Å². The van der Waals surface area contributed by atoms with Gasteiger partial charge in [0, 0.05) is 5.56 Å². The van der Waals surface area contributed by atoms with Gasteiger partial charge >= 0.3 is 0 Å². The molecule has 0 amide bonds. The van der Waals surface area contributed by atoms with Crippen LogP contribution in [0.15, 0.2) is 36.4 Å². The number of aryl methyl sites for hydroxylation is 1. The highest BCUT2D eigenvalue weighted by Crippen LogP contribution is 2.32. The second-order valence-electron chi connectivity index (χ2n) is 4.35. The Morgan fingerprint density at radius 1 is 1.05 bits per heavy atom. The summed E-state index contributed by atoms with van der Waals surface area (Å²) in [5.41, 5.74) is 0.655.